The molecule has 1 N–H and O–H groups in total. The molecule has 0 bridgehead atoms. The van der Waals surface area contributed by atoms with Gasteiger partial charge in [0.25, 0.3) is 0 Å². The second-order valence-electron chi connectivity index (χ2n) is 6.93. The van der Waals surface area contributed by atoms with E-state index in [4.69, 9.17) is 0 Å². The molecule has 0 atom stereocenters. The average molecular weight is 291 g/mol. The number of aryl methyl sites for hydroxylation is 1. The summed E-state index contributed by atoms with van der Waals surface area (Å²) in [7, 11) is 2.00. The number of nitrogens with one attached hydrogen (secondary N) is 1. The standard InChI is InChI=1S/C16H29N5/c1-4-16(5-2)11-18-15(8-6-7-9-15)12-21(16)10-14-17-13-19-20(14)3/h13,18H,4-12H2,1-3H3. The van der Waals surface area contributed by atoms with Crippen molar-refractivity contribution in [2.24, 2.45) is 7.05 Å². The minimum absolute atomic E-state index is 0.264. The van der Waals surface area contributed by atoms with Crippen molar-refractivity contribution in [1.82, 2.24) is 25.0 Å². The van der Waals surface area contributed by atoms with Crippen molar-refractivity contribution < 1.29 is 0 Å². The molecule has 1 aliphatic heterocycles. The Morgan fingerprint density at radius 3 is 2.52 bits per heavy atom. The van der Waals surface area contributed by atoms with Crippen LogP contribution in [0.1, 0.15) is 58.2 Å². The van der Waals surface area contributed by atoms with Gasteiger partial charge in [0.05, 0.1) is 6.54 Å². The predicted octanol–water partition coefficient (Wildman–Crippen LogP) is 2.09. The van der Waals surface area contributed by atoms with Crippen LogP contribution in [0.4, 0.5) is 0 Å². The molecule has 0 unspecified atom stereocenters. The molecule has 3 rings (SSSR count). The van der Waals surface area contributed by atoms with E-state index in [0.717, 1.165) is 25.5 Å². The number of piperazine rings is 1. The first kappa shape index (κ1) is 15.0. The van der Waals surface area contributed by atoms with E-state index < -0.39 is 0 Å². The quantitative estimate of drug-likeness (QED) is 0.923. The smallest absolute Gasteiger partial charge is 0.140 e. The van der Waals surface area contributed by atoms with E-state index in [9.17, 15) is 0 Å². The maximum Gasteiger partial charge on any atom is 0.140 e. The van der Waals surface area contributed by atoms with Gasteiger partial charge < -0.3 is 5.32 Å². The minimum Gasteiger partial charge on any atom is -0.308 e. The normalized spacial score (nSPS) is 24.7. The summed E-state index contributed by atoms with van der Waals surface area (Å²) in [6, 6.07) is 0. The van der Waals surface area contributed by atoms with E-state index in [-0.39, 0.29) is 5.54 Å². The topological polar surface area (TPSA) is 46.0 Å². The number of rotatable bonds is 4. The number of hydrogen-bond acceptors (Lipinski definition) is 4. The molecular formula is C16H29N5. The molecule has 0 radical (unpaired) electrons. The van der Waals surface area contributed by atoms with Crippen LogP contribution < -0.4 is 5.32 Å². The zero-order valence-corrected chi connectivity index (χ0v) is 13.7. The van der Waals surface area contributed by atoms with E-state index in [1.807, 2.05) is 11.7 Å². The summed E-state index contributed by atoms with van der Waals surface area (Å²) in [6.45, 7) is 7.82. The SMILES string of the molecule is CCC1(CC)CNC2(CCCC2)CN1Cc1ncnn1C. The van der Waals surface area contributed by atoms with E-state index in [1.165, 1.54) is 38.5 Å². The molecule has 1 aliphatic carbocycles. The molecule has 1 saturated heterocycles. The number of aromatic nitrogens is 3. The molecule has 1 aromatic rings. The van der Waals surface area contributed by atoms with Crippen LogP contribution in [0.3, 0.4) is 0 Å². The molecule has 0 amide bonds. The summed E-state index contributed by atoms with van der Waals surface area (Å²) in [4.78, 5) is 7.14. The Morgan fingerprint density at radius 1 is 1.24 bits per heavy atom. The molecular weight excluding hydrogens is 262 g/mol. The molecule has 2 aliphatic rings. The summed E-state index contributed by atoms with van der Waals surface area (Å²) in [5, 5.41) is 8.16. The van der Waals surface area contributed by atoms with E-state index in [1.54, 1.807) is 6.33 Å². The highest BCUT2D eigenvalue weighted by Crippen LogP contribution is 2.38. The highest BCUT2D eigenvalue weighted by Gasteiger charge is 2.46. The molecule has 1 saturated carbocycles. The van der Waals surface area contributed by atoms with Gasteiger partial charge in [-0.15, -0.1) is 0 Å². The molecule has 21 heavy (non-hydrogen) atoms. The van der Waals surface area contributed by atoms with Gasteiger partial charge in [0.1, 0.15) is 12.2 Å². The zero-order chi connectivity index (χ0) is 14.9. The van der Waals surface area contributed by atoms with Crippen molar-refractivity contribution in [2.45, 2.75) is 70.0 Å². The van der Waals surface area contributed by atoms with Gasteiger partial charge in [-0.1, -0.05) is 26.7 Å². The molecule has 1 aromatic heterocycles. The van der Waals surface area contributed by atoms with Gasteiger partial charge in [-0.05, 0) is 25.7 Å². The summed E-state index contributed by atoms with van der Waals surface area (Å²) < 4.78 is 1.92. The van der Waals surface area contributed by atoms with Crippen molar-refractivity contribution >= 4 is 0 Å². The zero-order valence-electron chi connectivity index (χ0n) is 13.7. The van der Waals surface area contributed by atoms with E-state index >= 15 is 0 Å². The maximum absolute atomic E-state index is 4.45. The third kappa shape index (κ3) is 2.61. The summed E-state index contributed by atoms with van der Waals surface area (Å²) in [5.74, 6) is 1.08. The van der Waals surface area contributed by atoms with Crippen LogP contribution in [0.5, 0.6) is 0 Å². The van der Waals surface area contributed by atoms with Gasteiger partial charge in [0, 0.05) is 31.2 Å². The lowest BCUT2D eigenvalue weighted by Crippen LogP contribution is -2.68. The van der Waals surface area contributed by atoms with Crippen LogP contribution in [-0.2, 0) is 13.6 Å². The Hall–Kier alpha value is -0.940. The van der Waals surface area contributed by atoms with Gasteiger partial charge in [0.15, 0.2) is 0 Å². The Kier molecular flexibility index (Phi) is 4.06. The molecule has 0 aromatic carbocycles. The molecule has 118 valence electrons. The molecule has 2 fully saturated rings. The highest BCUT2D eigenvalue weighted by atomic mass is 15.4. The maximum atomic E-state index is 4.45. The lowest BCUT2D eigenvalue weighted by atomic mass is 9.82. The Labute approximate surface area is 128 Å². The van der Waals surface area contributed by atoms with Crippen LogP contribution in [0.2, 0.25) is 0 Å². The highest BCUT2D eigenvalue weighted by molar-refractivity contribution is 5.07. The lowest BCUT2D eigenvalue weighted by molar-refractivity contribution is -0.00887. The third-order valence-electron chi connectivity index (χ3n) is 5.97. The van der Waals surface area contributed by atoms with Gasteiger partial charge in [-0.3, -0.25) is 9.58 Å². The summed E-state index contributed by atoms with van der Waals surface area (Å²) >= 11 is 0. The van der Waals surface area contributed by atoms with Crippen LogP contribution in [-0.4, -0.2) is 43.8 Å². The van der Waals surface area contributed by atoms with Crippen LogP contribution >= 0.6 is 0 Å². The minimum atomic E-state index is 0.264. The first-order valence-corrected chi connectivity index (χ1v) is 8.46. The summed E-state index contributed by atoms with van der Waals surface area (Å²) in [6.07, 6.45) is 9.43. The fraction of sp³-hybridized carbons (Fsp3) is 0.875. The monoisotopic (exact) mass is 291 g/mol. The van der Waals surface area contributed by atoms with Crippen molar-refractivity contribution in [3.63, 3.8) is 0 Å². The molecule has 5 heteroatoms. The first-order valence-electron chi connectivity index (χ1n) is 8.46. The third-order valence-corrected chi connectivity index (χ3v) is 5.97. The fourth-order valence-corrected chi connectivity index (χ4v) is 4.24. The lowest BCUT2D eigenvalue weighted by Gasteiger charge is -2.53. The van der Waals surface area contributed by atoms with Crippen molar-refractivity contribution in [2.75, 3.05) is 13.1 Å². The van der Waals surface area contributed by atoms with E-state index in [2.05, 4.69) is 34.1 Å². The first-order chi connectivity index (χ1) is 10.1. The Morgan fingerprint density at radius 2 is 1.95 bits per heavy atom. The van der Waals surface area contributed by atoms with Gasteiger partial charge in [0.2, 0.25) is 0 Å². The fourth-order valence-electron chi connectivity index (χ4n) is 4.24. The average Bonchev–Trinajstić information content (AvgIpc) is 3.11. The van der Waals surface area contributed by atoms with E-state index in [0.29, 0.717) is 5.54 Å². The Bertz CT molecular complexity index is 471. The van der Waals surface area contributed by atoms with Crippen molar-refractivity contribution in [3.8, 4) is 0 Å². The van der Waals surface area contributed by atoms with Crippen molar-refractivity contribution in [3.05, 3.63) is 12.2 Å². The molecule has 1 spiro atoms. The van der Waals surface area contributed by atoms with Crippen LogP contribution in [0.15, 0.2) is 6.33 Å². The van der Waals surface area contributed by atoms with Crippen molar-refractivity contribution in [1.29, 1.82) is 0 Å². The van der Waals surface area contributed by atoms with Gasteiger partial charge >= 0.3 is 0 Å². The number of hydrogen-bond donors (Lipinski definition) is 1. The Balaban J connectivity index is 1.84. The number of nitrogens with zero attached hydrogens (tertiary/aromatic N) is 4. The summed E-state index contributed by atoms with van der Waals surface area (Å²) in [5.41, 5.74) is 0.617. The second kappa shape index (κ2) is 5.69. The molecule has 2 heterocycles. The molecule has 5 nitrogen and oxygen atoms in total. The van der Waals surface area contributed by atoms with Gasteiger partial charge in [-0.25, -0.2) is 4.98 Å². The largest absolute Gasteiger partial charge is 0.308 e. The second-order valence-corrected chi connectivity index (χ2v) is 6.93. The van der Waals surface area contributed by atoms with Crippen LogP contribution in [0, 0.1) is 0 Å². The van der Waals surface area contributed by atoms with Crippen LogP contribution in [0.25, 0.3) is 0 Å². The van der Waals surface area contributed by atoms with Gasteiger partial charge in [-0.2, -0.15) is 5.10 Å². The predicted molar refractivity (Wildman–Crippen MR) is 83.9 cm³/mol.